The van der Waals surface area contributed by atoms with Gasteiger partial charge in [0.15, 0.2) is 0 Å². The van der Waals surface area contributed by atoms with Crippen molar-refractivity contribution < 1.29 is 19.8 Å². The molecule has 0 atom stereocenters. The smallest absolute Gasteiger partial charge is 0.337 e. The molecule has 0 amide bonds. The van der Waals surface area contributed by atoms with Crippen molar-refractivity contribution in [3.63, 3.8) is 0 Å². The van der Waals surface area contributed by atoms with Gasteiger partial charge in [-0.1, -0.05) is 48.6 Å². The lowest BCUT2D eigenvalue weighted by atomic mass is 9.98. The molecule has 0 saturated carbocycles. The summed E-state index contributed by atoms with van der Waals surface area (Å²) in [6.45, 7) is 0. The first-order chi connectivity index (χ1) is 15.5. The summed E-state index contributed by atoms with van der Waals surface area (Å²) in [5.41, 5.74) is 4.35. The van der Waals surface area contributed by atoms with E-state index in [1.54, 1.807) is 36.4 Å². The summed E-state index contributed by atoms with van der Waals surface area (Å²) < 4.78 is 0. The second-order valence-corrected chi connectivity index (χ2v) is 6.96. The molecule has 6 heteroatoms. The van der Waals surface area contributed by atoms with Crippen LogP contribution in [-0.4, -0.2) is 33.6 Å². The molecule has 0 spiro atoms. The molecule has 0 fully saturated rings. The van der Waals surface area contributed by atoms with Crippen molar-refractivity contribution in [2.45, 2.75) is 0 Å². The Morgan fingerprint density at radius 1 is 0.531 bits per heavy atom. The lowest BCUT2D eigenvalue weighted by Gasteiger charge is -2.10. The number of para-hydroxylation sites is 2. The van der Waals surface area contributed by atoms with E-state index in [0.29, 0.717) is 22.8 Å². The van der Waals surface area contributed by atoms with Crippen LogP contribution in [-0.2, 0) is 0 Å². The minimum atomic E-state index is -1.02. The van der Waals surface area contributed by atoms with E-state index in [0.717, 1.165) is 11.1 Å². The fourth-order valence-electron chi connectivity index (χ4n) is 3.24. The highest BCUT2D eigenvalue weighted by atomic mass is 16.4. The molecule has 2 aliphatic carbocycles. The van der Waals surface area contributed by atoms with Gasteiger partial charge in [0.2, 0.25) is 0 Å². The minimum absolute atomic E-state index is 0.153. The molecule has 0 unspecified atom stereocenters. The largest absolute Gasteiger partial charge is 0.478 e. The van der Waals surface area contributed by atoms with Crippen LogP contribution in [0, 0.1) is 0 Å². The third-order valence-electron chi connectivity index (χ3n) is 4.84. The normalized spacial score (nSPS) is 14.6. The summed E-state index contributed by atoms with van der Waals surface area (Å²) in [6.07, 6.45) is 15.0. The number of hydrogen-bond acceptors (Lipinski definition) is 4. The van der Waals surface area contributed by atoms with E-state index in [1.807, 2.05) is 48.6 Å². The summed E-state index contributed by atoms with van der Waals surface area (Å²) in [7, 11) is 0. The molecule has 2 aromatic carbocycles. The van der Waals surface area contributed by atoms with Crippen LogP contribution in [0.4, 0.5) is 11.4 Å². The molecule has 0 heterocycles. The monoisotopic (exact) mass is 422 g/mol. The van der Waals surface area contributed by atoms with E-state index >= 15 is 0 Å². The summed E-state index contributed by atoms with van der Waals surface area (Å²) in [6, 6.07) is 13.2. The number of hydrogen-bond donors (Lipinski definition) is 2. The Hall–Kier alpha value is -4.58. The number of nitrogens with zero attached hydrogens (tertiary/aromatic N) is 2. The average molecular weight is 422 g/mol. The zero-order valence-corrected chi connectivity index (χ0v) is 16.8. The van der Waals surface area contributed by atoms with Crippen molar-refractivity contribution in [3.8, 4) is 0 Å². The number of carbonyl (C=O) groups is 2. The van der Waals surface area contributed by atoms with Crippen LogP contribution in [0.2, 0.25) is 0 Å². The molecule has 2 N–H and O–H groups in total. The van der Waals surface area contributed by atoms with Crippen LogP contribution in [0.1, 0.15) is 20.7 Å². The number of carboxylic acid groups (broad SMARTS) is 2. The molecule has 0 radical (unpaired) electrons. The SMILES string of the molecule is O=C(O)c1ccccc1N=C1C=CC(=C2C=CC(=Nc3ccccc3C(=O)O)C=C2)C=C1. The summed E-state index contributed by atoms with van der Waals surface area (Å²) in [4.78, 5) is 31.6. The highest BCUT2D eigenvalue weighted by Crippen LogP contribution is 2.24. The van der Waals surface area contributed by atoms with Crippen LogP contribution < -0.4 is 0 Å². The zero-order chi connectivity index (χ0) is 22.5. The maximum absolute atomic E-state index is 11.3. The van der Waals surface area contributed by atoms with E-state index in [2.05, 4.69) is 9.98 Å². The van der Waals surface area contributed by atoms with Crippen molar-refractivity contribution in [3.05, 3.63) is 119 Å². The first kappa shape index (κ1) is 20.7. The topological polar surface area (TPSA) is 99.3 Å². The van der Waals surface area contributed by atoms with Gasteiger partial charge in [0.25, 0.3) is 0 Å². The number of aromatic carboxylic acids is 2. The van der Waals surface area contributed by atoms with E-state index in [-0.39, 0.29) is 11.1 Å². The molecule has 2 aromatic rings. The first-order valence-corrected chi connectivity index (χ1v) is 9.80. The Bertz CT molecular complexity index is 1180. The first-order valence-electron chi connectivity index (χ1n) is 9.80. The third kappa shape index (κ3) is 4.60. The van der Waals surface area contributed by atoms with Crippen LogP contribution in [0.3, 0.4) is 0 Å². The Kier molecular flexibility index (Phi) is 5.85. The Balaban J connectivity index is 1.54. The molecule has 156 valence electrons. The molecular weight excluding hydrogens is 404 g/mol. The standard InChI is InChI=1S/C26H18N2O4/c29-25(30)21-5-1-3-7-23(21)27-19-13-9-17(10-14-19)18-11-15-20(16-12-18)28-24-8-4-2-6-22(24)26(31)32/h1-16H,(H,29,30)(H,31,32). The number of allylic oxidation sites excluding steroid dienone is 10. The molecule has 2 aliphatic rings. The maximum atomic E-state index is 11.3. The van der Waals surface area contributed by atoms with Gasteiger partial charge in [0, 0.05) is 0 Å². The molecule has 0 aromatic heterocycles. The Labute approximate surface area is 184 Å². The molecule has 32 heavy (non-hydrogen) atoms. The van der Waals surface area contributed by atoms with Gasteiger partial charge in [-0.2, -0.15) is 0 Å². The van der Waals surface area contributed by atoms with Gasteiger partial charge < -0.3 is 10.2 Å². The molecular formula is C26H18N2O4. The van der Waals surface area contributed by atoms with Gasteiger partial charge in [-0.15, -0.1) is 0 Å². The number of rotatable bonds is 4. The second kappa shape index (κ2) is 9.06. The summed E-state index contributed by atoms with van der Waals surface area (Å²) in [5.74, 6) is -2.03. The van der Waals surface area contributed by atoms with Gasteiger partial charge in [-0.3, -0.25) is 0 Å². The predicted molar refractivity (Wildman–Crippen MR) is 125 cm³/mol. The molecule has 0 bridgehead atoms. The zero-order valence-electron chi connectivity index (χ0n) is 16.8. The van der Waals surface area contributed by atoms with E-state index in [1.165, 1.54) is 12.1 Å². The average Bonchev–Trinajstić information content (AvgIpc) is 2.81. The van der Waals surface area contributed by atoms with Gasteiger partial charge in [0.1, 0.15) is 0 Å². The number of carboxylic acids is 2. The molecule has 0 aliphatic heterocycles. The highest BCUT2D eigenvalue weighted by Gasteiger charge is 2.11. The van der Waals surface area contributed by atoms with Crippen molar-refractivity contribution in [2.75, 3.05) is 0 Å². The van der Waals surface area contributed by atoms with Crippen molar-refractivity contribution in [1.82, 2.24) is 0 Å². The Morgan fingerprint density at radius 2 is 0.875 bits per heavy atom. The van der Waals surface area contributed by atoms with Gasteiger partial charge in [0.05, 0.1) is 33.9 Å². The van der Waals surface area contributed by atoms with Crippen LogP contribution in [0.25, 0.3) is 0 Å². The van der Waals surface area contributed by atoms with Crippen LogP contribution >= 0.6 is 0 Å². The lowest BCUT2D eigenvalue weighted by molar-refractivity contribution is 0.0687. The summed E-state index contributed by atoms with van der Waals surface area (Å²) >= 11 is 0. The molecule has 0 saturated heterocycles. The maximum Gasteiger partial charge on any atom is 0.337 e. The van der Waals surface area contributed by atoms with Gasteiger partial charge >= 0.3 is 11.9 Å². The highest BCUT2D eigenvalue weighted by molar-refractivity contribution is 6.10. The van der Waals surface area contributed by atoms with E-state index in [4.69, 9.17) is 0 Å². The minimum Gasteiger partial charge on any atom is -0.478 e. The van der Waals surface area contributed by atoms with Crippen LogP contribution in [0.15, 0.2) is 118 Å². The molecule has 6 nitrogen and oxygen atoms in total. The Morgan fingerprint density at radius 3 is 1.22 bits per heavy atom. The van der Waals surface area contributed by atoms with Crippen LogP contribution in [0.5, 0.6) is 0 Å². The van der Waals surface area contributed by atoms with Crippen molar-refractivity contribution in [2.24, 2.45) is 9.98 Å². The summed E-state index contributed by atoms with van der Waals surface area (Å²) in [5, 5.41) is 18.6. The van der Waals surface area contributed by atoms with Gasteiger partial charge in [-0.05, 0) is 59.7 Å². The quantitative estimate of drug-likeness (QED) is 0.682. The van der Waals surface area contributed by atoms with E-state index in [9.17, 15) is 19.8 Å². The fourth-order valence-corrected chi connectivity index (χ4v) is 3.24. The number of benzene rings is 2. The fraction of sp³-hybridized carbons (Fsp3) is 0. The number of aliphatic imine (C=N–C) groups is 2. The lowest BCUT2D eigenvalue weighted by Crippen LogP contribution is -2.00. The second-order valence-electron chi connectivity index (χ2n) is 6.96. The van der Waals surface area contributed by atoms with E-state index < -0.39 is 11.9 Å². The van der Waals surface area contributed by atoms with Crippen molar-refractivity contribution in [1.29, 1.82) is 0 Å². The van der Waals surface area contributed by atoms with Crippen molar-refractivity contribution >= 4 is 34.7 Å². The third-order valence-corrected chi connectivity index (χ3v) is 4.84. The molecule has 4 rings (SSSR count). The predicted octanol–water partition coefficient (Wildman–Crippen LogP) is 5.48. The van der Waals surface area contributed by atoms with Gasteiger partial charge in [-0.25, -0.2) is 19.6 Å².